The van der Waals surface area contributed by atoms with Gasteiger partial charge in [0.05, 0.1) is 63.5 Å². The molecule has 264 valence electrons. The molecule has 6 aromatic rings. The molecule has 1 saturated carbocycles. The Labute approximate surface area is 313 Å². The van der Waals surface area contributed by atoms with Crippen molar-refractivity contribution in [1.29, 1.82) is 0 Å². The zero-order valence-electron chi connectivity index (χ0n) is 28.7. The maximum atomic E-state index is 6.85. The monoisotopic (exact) mass is 744 g/mol. The molecule has 4 aliphatic rings. The number of fused-ring (bicyclic) bond motifs is 4. The van der Waals surface area contributed by atoms with Gasteiger partial charge in [-0.25, -0.2) is 9.98 Å². The van der Waals surface area contributed by atoms with Gasteiger partial charge in [-0.05, 0) is 49.7 Å². The quantitative estimate of drug-likeness (QED) is 0.149. The Hall–Kier alpha value is -5.63. The predicted octanol–water partition coefficient (Wildman–Crippen LogP) is 7.42. The molecule has 1 aromatic carbocycles. The van der Waals surface area contributed by atoms with E-state index in [9.17, 15) is 0 Å². The summed E-state index contributed by atoms with van der Waals surface area (Å²) in [7, 11) is 0. The zero-order valence-corrected chi connectivity index (χ0v) is 30.2. The van der Waals surface area contributed by atoms with Crippen molar-refractivity contribution in [3.8, 4) is 5.88 Å². The number of pyridine rings is 3. The van der Waals surface area contributed by atoms with Crippen LogP contribution in [-0.2, 0) is 4.74 Å². The number of ether oxygens (including phenoxy) is 2. The SMILES string of the molecule is Cc1[nH]nc2c1N=C(c1ccccc1Cl)c1c[n+](-n3nc4c(c3C)N=C(c3ccncc3Cl)c3cnc(C5CC5)cc3N4)c(OC3CCOC3)cc1N2. The van der Waals surface area contributed by atoms with Crippen LogP contribution < -0.4 is 20.0 Å². The van der Waals surface area contributed by atoms with E-state index >= 15 is 0 Å². The molecular weight excluding hydrogens is 713 g/mol. The number of rotatable bonds is 6. The third-order valence-electron chi connectivity index (χ3n) is 9.93. The number of aromatic amines is 1. The van der Waals surface area contributed by atoms with Crippen molar-refractivity contribution in [3.63, 3.8) is 0 Å². The molecule has 5 aromatic heterocycles. The normalized spacial score (nSPS) is 17.2. The highest BCUT2D eigenvalue weighted by Gasteiger charge is 2.35. The highest BCUT2D eigenvalue weighted by Crippen LogP contribution is 2.43. The van der Waals surface area contributed by atoms with Gasteiger partial charge in [0.1, 0.15) is 23.7 Å². The van der Waals surface area contributed by atoms with Crippen molar-refractivity contribution >= 4 is 69.0 Å². The fourth-order valence-electron chi connectivity index (χ4n) is 6.98. The van der Waals surface area contributed by atoms with E-state index in [-0.39, 0.29) is 6.10 Å². The summed E-state index contributed by atoms with van der Waals surface area (Å²) in [6.07, 6.45) is 10.0. The molecule has 2 fully saturated rings. The summed E-state index contributed by atoms with van der Waals surface area (Å²) < 4.78 is 14.3. The standard InChI is InChI=1S/C38H31Cl2N11O2/c1-19-33-37(48-47-19)43-31-14-32(53-22-10-12-52-18-22)50(17-26(31)36(45-33)23-5-3-4-6-27(23)39)51-20(2)34-38(49-51)44-30-13-29(21-7-8-21)42-15-25(30)35(46-34)24-9-11-41-16-28(24)40/h3-6,9,11,13-17,21-22H,7-8,10,12,18H2,1-2H3,(H2,42,44,46,47,48,49)/p+1. The van der Waals surface area contributed by atoms with E-state index in [2.05, 4.69) is 31.9 Å². The van der Waals surface area contributed by atoms with Gasteiger partial charge in [-0.15, -0.1) is 0 Å². The predicted molar refractivity (Wildman–Crippen MR) is 202 cm³/mol. The van der Waals surface area contributed by atoms with Crippen molar-refractivity contribution in [2.24, 2.45) is 9.98 Å². The molecule has 10 rings (SSSR count). The Kier molecular flexibility index (Phi) is 7.56. The second-order valence-electron chi connectivity index (χ2n) is 13.5. The van der Waals surface area contributed by atoms with E-state index in [4.69, 9.17) is 52.7 Å². The minimum absolute atomic E-state index is 0.157. The number of halogens is 2. The topological polar surface area (TPSA) is 143 Å². The second kappa shape index (κ2) is 12.5. The molecule has 0 bridgehead atoms. The molecule has 1 unspecified atom stereocenters. The summed E-state index contributed by atoms with van der Waals surface area (Å²) in [6, 6.07) is 13.6. The van der Waals surface area contributed by atoms with Crippen LogP contribution in [-0.4, -0.2) is 60.8 Å². The molecule has 8 heterocycles. The van der Waals surface area contributed by atoms with Crippen LogP contribution in [0.2, 0.25) is 10.0 Å². The number of benzene rings is 1. The fourth-order valence-corrected chi connectivity index (χ4v) is 7.42. The number of hydrogen-bond donors (Lipinski definition) is 3. The average Bonchev–Trinajstić information content (AvgIpc) is 3.77. The van der Waals surface area contributed by atoms with E-state index in [0.717, 1.165) is 70.0 Å². The second-order valence-corrected chi connectivity index (χ2v) is 14.4. The lowest BCUT2D eigenvalue weighted by Gasteiger charge is -2.17. The van der Waals surface area contributed by atoms with Crippen LogP contribution in [0.25, 0.3) is 0 Å². The third kappa shape index (κ3) is 5.54. The first-order valence-corrected chi connectivity index (χ1v) is 18.2. The van der Waals surface area contributed by atoms with Crippen molar-refractivity contribution in [3.05, 3.63) is 117 Å². The zero-order chi connectivity index (χ0) is 35.8. The highest BCUT2D eigenvalue weighted by atomic mass is 35.5. The van der Waals surface area contributed by atoms with E-state index < -0.39 is 0 Å². The molecule has 53 heavy (non-hydrogen) atoms. The van der Waals surface area contributed by atoms with Crippen LogP contribution >= 0.6 is 23.2 Å². The van der Waals surface area contributed by atoms with Gasteiger partial charge in [0, 0.05) is 58.3 Å². The molecule has 0 spiro atoms. The van der Waals surface area contributed by atoms with Gasteiger partial charge in [-0.2, -0.15) is 5.10 Å². The van der Waals surface area contributed by atoms with Gasteiger partial charge >= 0.3 is 5.88 Å². The van der Waals surface area contributed by atoms with Crippen LogP contribution in [0.15, 0.2) is 77.2 Å². The molecule has 3 N–H and O–H groups in total. The summed E-state index contributed by atoms with van der Waals surface area (Å²) in [5.41, 5.74) is 9.97. The number of H-pyrrole nitrogens is 1. The minimum Gasteiger partial charge on any atom is -0.455 e. The van der Waals surface area contributed by atoms with E-state index in [1.165, 1.54) is 0 Å². The largest absolute Gasteiger partial charge is 0.455 e. The molecule has 13 nitrogen and oxygen atoms in total. The summed E-state index contributed by atoms with van der Waals surface area (Å²) in [4.78, 5) is 21.3. The number of nitrogens with zero attached hydrogens (tertiary/aromatic N) is 8. The lowest BCUT2D eigenvalue weighted by atomic mass is 10.0. The van der Waals surface area contributed by atoms with Crippen molar-refractivity contribution in [2.45, 2.75) is 45.1 Å². The lowest BCUT2D eigenvalue weighted by molar-refractivity contribution is -0.741. The fraction of sp³-hybridized carbons (Fsp3) is 0.237. The van der Waals surface area contributed by atoms with Gasteiger partial charge in [-0.3, -0.25) is 15.1 Å². The maximum Gasteiger partial charge on any atom is 0.310 e. The lowest BCUT2D eigenvalue weighted by Crippen LogP contribution is -2.46. The van der Waals surface area contributed by atoms with Crippen molar-refractivity contribution in [1.82, 2.24) is 30.1 Å². The maximum absolute atomic E-state index is 6.85. The first-order chi connectivity index (χ1) is 25.9. The first-order valence-electron chi connectivity index (χ1n) is 17.5. The van der Waals surface area contributed by atoms with Gasteiger partial charge in [0.2, 0.25) is 0 Å². The van der Waals surface area contributed by atoms with Gasteiger partial charge in [-0.1, -0.05) is 46.1 Å². The Morgan fingerprint density at radius 2 is 1.66 bits per heavy atom. The number of anilines is 4. The summed E-state index contributed by atoms with van der Waals surface area (Å²) in [5.74, 6) is 2.15. The molecule has 1 atom stereocenters. The molecular formula is C38H32Cl2N11O2+. The Bertz CT molecular complexity index is 2530. The van der Waals surface area contributed by atoms with E-state index in [0.29, 0.717) is 69.5 Å². The number of aryl methyl sites for hydroxylation is 1. The molecule has 3 aliphatic heterocycles. The number of aliphatic imine (C=N–C) groups is 2. The van der Waals surface area contributed by atoms with Crippen LogP contribution in [0.1, 0.15) is 64.5 Å². The summed E-state index contributed by atoms with van der Waals surface area (Å²) in [5, 5.41) is 20.9. The number of nitrogens with one attached hydrogen (secondary N) is 3. The summed E-state index contributed by atoms with van der Waals surface area (Å²) >= 11 is 13.6. The molecule has 0 radical (unpaired) electrons. The Morgan fingerprint density at radius 1 is 0.868 bits per heavy atom. The first kappa shape index (κ1) is 32.1. The minimum atomic E-state index is -0.157. The molecule has 1 aliphatic carbocycles. The van der Waals surface area contributed by atoms with Gasteiger partial charge in [0.25, 0.3) is 5.82 Å². The van der Waals surface area contributed by atoms with Gasteiger partial charge in [0.15, 0.2) is 11.5 Å². The van der Waals surface area contributed by atoms with Crippen molar-refractivity contribution < 1.29 is 14.1 Å². The highest BCUT2D eigenvalue weighted by molar-refractivity contribution is 6.36. The van der Waals surface area contributed by atoms with Crippen LogP contribution in [0.3, 0.4) is 0 Å². The third-order valence-corrected chi connectivity index (χ3v) is 10.6. The number of hydrogen-bond acceptors (Lipinski definition) is 10. The summed E-state index contributed by atoms with van der Waals surface area (Å²) in [6.45, 7) is 5.02. The van der Waals surface area contributed by atoms with Gasteiger partial charge < -0.3 is 20.1 Å². The van der Waals surface area contributed by atoms with Crippen LogP contribution in [0.4, 0.5) is 34.4 Å². The van der Waals surface area contributed by atoms with Crippen LogP contribution in [0.5, 0.6) is 5.88 Å². The number of aromatic nitrogens is 7. The van der Waals surface area contributed by atoms with Crippen LogP contribution in [0, 0.1) is 13.8 Å². The Balaban J connectivity index is 1.19. The van der Waals surface area contributed by atoms with Crippen molar-refractivity contribution in [2.75, 3.05) is 23.8 Å². The average molecular weight is 746 g/mol. The van der Waals surface area contributed by atoms with E-state index in [1.54, 1.807) is 17.2 Å². The van der Waals surface area contributed by atoms with E-state index in [1.807, 2.05) is 67.3 Å². The molecule has 15 heteroatoms. The molecule has 1 saturated heterocycles. The smallest absolute Gasteiger partial charge is 0.310 e. The molecule has 0 amide bonds. The Morgan fingerprint density at radius 3 is 2.47 bits per heavy atom.